The van der Waals surface area contributed by atoms with Crippen LogP contribution in [0.4, 0.5) is 0 Å². The maximum Gasteiger partial charge on any atom is 0.220 e. The van der Waals surface area contributed by atoms with Gasteiger partial charge in [-0.15, -0.1) is 0 Å². The monoisotopic (exact) mass is 946 g/mol. The fourth-order valence-electron chi connectivity index (χ4n) is 8.85. The number of unbranched alkanes of at least 4 members (excludes halogenated alkanes) is 32. The molecule has 0 aromatic rings. The van der Waals surface area contributed by atoms with Crippen molar-refractivity contribution < 1.29 is 39.8 Å². The number of aliphatic hydroxyl groups is 5. The second-order valence-corrected chi connectivity index (χ2v) is 19.7. The van der Waals surface area contributed by atoms with Crippen LogP contribution in [-0.2, 0) is 14.3 Å². The number of aliphatic hydroxyl groups excluding tert-OH is 5. The largest absolute Gasteiger partial charge is 0.394 e. The topological polar surface area (TPSA) is 149 Å². The molecule has 0 aromatic heterocycles. The van der Waals surface area contributed by atoms with Gasteiger partial charge >= 0.3 is 0 Å². The molecule has 9 heteroatoms. The highest BCUT2D eigenvalue weighted by Gasteiger charge is 2.44. The van der Waals surface area contributed by atoms with Gasteiger partial charge in [-0.1, -0.05) is 236 Å². The van der Waals surface area contributed by atoms with Crippen LogP contribution in [0.5, 0.6) is 0 Å². The number of carbonyl (C=O) groups is 1. The van der Waals surface area contributed by atoms with E-state index in [2.05, 4.69) is 55.6 Å². The maximum absolute atomic E-state index is 13.0. The van der Waals surface area contributed by atoms with E-state index in [-0.39, 0.29) is 12.5 Å². The molecule has 0 spiro atoms. The molecule has 0 radical (unpaired) electrons. The van der Waals surface area contributed by atoms with Crippen molar-refractivity contribution in [1.82, 2.24) is 5.32 Å². The Labute approximate surface area is 412 Å². The summed E-state index contributed by atoms with van der Waals surface area (Å²) < 4.78 is 11.3. The Morgan fingerprint density at radius 1 is 0.507 bits per heavy atom. The normalized spacial score (nSPS) is 20.0. The van der Waals surface area contributed by atoms with Gasteiger partial charge in [0.25, 0.3) is 0 Å². The SMILES string of the molecule is CCCCCCC/C=C\C/C=C\CCCCCCCCCCCCCCCC(=O)NC(COC1OC(CO)C(O)C(O)C1O)C(O)/C=C/CC/C=C/CCCCCCCCCCCCCCC. The van der Waals surface area contributed by atoms with Gasteiger partial charge in [-0.05, 0) is 64.2 Å². The molecular formula is C58H107NO8. The van der Waals surface area contributed by atoms with E-state index in [9.17, 15) is 30.3 Å². The van der Waals surface area contributed by atoms with Crippen LogP contribution in [0.2, 0.25) is 0 Å². The second kappa shape index (κ2) is 47.8. The molecule has 1 aliphatic rings. The molecule has 0 saturated carbocycles. The fraction of sp³-hybridized carbons (Fsp3) is 0.845. The number of hydrogen-bond donors (Lipinski definition) is 6. The Balaban J connectivity index is 2.25. The average molecular weight is 946 g/mol. The minimum Gasteiger partial charge on any atom is -0.394 e. The van der Waals surface area contributed by atoms with E-state index >= 15 is 0 Å². The predicted molar refractivity (Wildman–Crippen MR) is 281 cm³/mol. The third kappa shape index (κ3) is 37.6. The van der Waals surface area contributed by atoms with Gasteiger partial charge in [-0.2, -0.15) is 0 Å². The summed E-state index contributed by atoms with van der Waals surface area (Å²) in [6, 6.07) is -0.823. The predicted octanol–water partition coefficient (Wildman–Crippen LogP) is 13.7. The zero-order valence-corrected chi connectivity index (χ0v) is 43.4. The van der Waals surface area contributed by atoms with E-state index in [0.717, 1.165) is 44.9 Å². The number of carbonyl (C=O) groups excluding carboxylic acids is 1. The van der Waals surface area contributed by atoms with Gasteiger partial charge in [0, 0.05) is 6.42 Å². The summed E-state index contributed by atoms with van der Waals surface area (Å²) in [5.74, 6) is -0.186. The fourth-order valence-corrected chi connectivity index (χ4v) is 8.85. The van der Waals surface area contributed by atoms with Gasteiger partial charge in [-0.25, -0.2) is 0 Å². The van der Waals surface area contributed by atoms with Crippen LogP contribution < -0.4 is 5.32 Å². The van der Waals surface area contributed by atoms with Crippen molar-refractivity contribution in [3.8, 4) is 0 Å². The third-order valence-electron chi connectivity index (χ3n) is 13.4. The van der Waals surface area contributed by atoms with E-state index in [0.29, 0.717) is 6.42 Å². The highest BCUT2D eigenvalue weighted by molar-refractivity contribution is 5.76. The molecule has 1 aliphatic heterocycles. The van der Waals surface area contributed by atoms with Gasteiger partial charge in [0.15, 0.2) is 6.29 Å². The van der Waals surface area contributed by atoms with Crippen LogP contribution in [0.3, 0.4) is 0 Å². The number of nitrogens with one attached hydrogen (secondary N) is 1. The summed E-state index contributed by atoms with van der Waals surface area (Å²) in [5.41, 5.74) is 0. The zero-order chi connectivity index (χ0) is 48.7. The molecule has 0 aromatic carbocycles. The molecule has 1 rings (SSSR count). The summed E-state index contributed by atoms with van der Waals surface area (Å²) >= 11 is 0. The van der Waals surface area contributed by atoms with Crippen LogP contribution in [-0.4, -0.2) is 87.5 Å². The number of amides is 1. The molecule has 1 heterocycles. The molecule has 7 unspecified atom stereocenters. The van der Waals surface area contributed by atoms with Crippen LogP contribution in [0.25, 0.3) is 0 Å². The van der Waals surface area contributed by atoms with E-state index in [1.54, 1.807) is 6.08 Å². The van der Waals surface area contributed by atoms with Crippen molar-refractivity contribution in [2.45, 2.75) is 301 Å². The first-order valence-corrected chi connectivity index (χ1v) is 28.4. The van der Waals surface area contributed by atoms with Gasteiger partial charge in [0.1, 0.15) is 24.4 Å². The average Bonchev–Trinajstić information content (AvgIpc) is 3.33. The highest BCUT2D eigenvalue weighted by atomic mass is 16.7. The summed E-state index contributed by atoms with van der Waals surface area (Å²) in [6.07, 6.45) is 56.0. The summed E-state index contributed by atoms with van der Waals surface area (Å²) in [7, 11) is 0. The highest BCUT2D eigenvalue weighted by Crippen LogP contribution is 2.23. The van der Waals surface area contributed by atoms with Gasteiger partial charge in [-0.3, -0.25) is 4.79 Å². The first kappa shape index (κ1) is 63.2. The standard InChI is InChI=1S/C58H107NO8/c1-3-5-7-9-11-13-15-17-19-21-23-24-25-26-27-28-30-32-34-36-38-40-42-44-46-48-54(62)59-51(50-66-58-57(65)56(64)55(63)53(49-60)67-58)52(61)47-45-43-41-39-37-35-33-31-29-22-20-18-16-14-12-10-8-6-4-2/h15,17,21,23,37,39,45,47,51-53,55-58,60-61,63-65H,3-14,16,18-20,22,24-36,38,40-44,46,48-50H2,1-2H3,(H,59,62)/b17-15-,23-21-,39-37+,47-45+. The number of allylic oxidation sites excluding steroid dienone is 7. The van der Waals surface area contributed by atoms with E-state index in [1.165, 1.54) is 193 Å². The smallest absolute Gasteiger partial charge is 0.220 e. The van der Waals surface area contributed by atoms with E-state index < -0.39 is 49.5 Å². The molecule has 9 nitrogen and oxygen atoms in total. The lowest BCUT2D eigenvalue weighted by Crippen LogP contribution is -2.60. The number of ether oxygens (including phenoxy) is 2. The summed E-state index contributed by atoms with van der Waals surface area (Å²) in [5, 5.41) is 54.5. The van der Waals surface area contributed by atoms with Crippen LogP contribution >= 0.6 is 0 Å². The van der Waals surface area contributed by atoms with Crippen molar-refractivity contribution in [2.75, 3.05) is 13.2 Å². The zero-order valence-electron chi connectivity index (χ0n) is 43.4. The third-order valence-corrected chi connectivity index (χ3v) is 13.4. The van der Waals surface area contributed by atoms with Crippen molar-refractivity contribution >= 4 is 5.91 Å². The van der Waals surface area contributed by atoms with Gasteiger partial charge < -0.3 is 40.3 Å². The van der Waals surface area contributed by atoms with Crippen molar-refractivity contribution in [1.29, 1.82) is 0 Å². The molecule has 6 N–H and O–H groups in total. The van der Waals surface area contributed by atoms with Crippen LogP contribution in [0.15, 0.2) is 48.6 Å². The van der Waals surface area contributed by atoms with Crippen LogP contribution in [0, 0.1) is 0 Å². The van der Waals surface area contributed by atoms with Crippen molar-refractivity contribution in [2.24, 2.45) is 0 Å². The lowest BCUT2D eigenvalue weighted by atomic mass is 9.99. The Morgan fingerprint density at radius 3 is 1.34 bits per heavy atom. The molecule has 7 atom stereocenters. The number of hydrogen-bond acceptors (Lipinski definition) is 8. The first-order chi connectivity index (χ1) is 32.8. The molecule has 1 amide bonds. The molecule has 1 saturated heterocycles. The molecular weight excluding hydrogens is 839 g/mol. The van der Waals surface area contributed by atoms with Gasteiger partial charge in [0.05, 0.1) is 25.4 Å². The molecule has 0 aliphatic carbocycles. The lowest BCUT2D eigenvalue weighted by molar-refractivity contribution is -0.302. The Morgan fingerprint density at radius 2 is 0.896 bits per heavy atom. The Hall–Kier alpha value is -1.85. The van der Waals surface area contributed by atoms with E-state index in [4.69, 9.17) is 9.47 Å². The second-order valence-electron chi connectivity index (χ2n) is 19.7. The number of rotatable bonds is 48. The Kier molecular flexibility index (Phi) is 45.1. The summed E-state index contributed by atoms with van der Waals surface area (Å²) in [6.45, 7) is 3.77. The minimum absolute atomic E-state index is 0.186. The van der Waals surface area contributed by atoms with E-state index in [1.807, 2.05) is 6.08 Å². The quantitative estimate of drug-likeness (QED) is 0.0261. The Bertz CT molecular complexity index is 1190. The minimum atomic E-state index is -1.57. The van der Waals surface area contributed by atoms with Crippen molar-refractivity contribution in [3.05, 3.63) is 48.6 Å². The summed E-state index contributed by atoms with van der Waals surface area (Å²) in [4.78, 5) is 13.0. The molecule has 1 fully saturated rings. The van der Waals surface area contributed by atoms with Gasteiger partial charge in [0.2, 0.25) is 5.91 Å². The van der Waals surface area contributed by atoms with Crippen molar-refractivity contribution in [3.63, 3.8) is 0 Å². The lowest BCUT2D eigenvalue weighted by Gasteiger charge is -2.40. The van der Waals surface area contributed by atoms with Crippen LogP contribution in [0.1, 0.15) is 258 Å². The first-order valence-electron chi connectivity index (χ1n) is 28.4. The molecule has 0 bridgehead atoms. The molecule has 392 valence electrons. The molecule has 67 heavy (non-hydrogen) atoms. The maximum atomic E-state index is 13.0.